The second kappa shape index (κ2) is 6.02. The predicted octanol–water partition coefficient (Wildman–Crippen LogP) is 2.25. The van der Waals surface area contributed by atoms with Crippen molar-refractivity contribution in [3.8, 4) is 0 Å². The molecule has 1 N–H and O–H groups in total. The highest BCUT2D eigenvalue weighted by atomic mass is 16.3. The smallest absolute Gasteiger partial charge is 0.0443 e. The topological polar surface area (TPSA) is 23.5 Å². The Morgan fingerprint density at radius 2 is 2.06 bits per heavy atom. The van der Waals surface area contributed by atoms with Crippen molar-refractivity contribution in [2.75, 3.05) is 26.2 Å². The average Bonchev–Trinajstić information content (AvgIpc) is 2.38. The molecule has 0 aliphatic carbocycles. The van der Waals surface area contributed by atoms with Crippen molar-refractivity contribution in [2.45, 2.75) is 25.2 Å². The molecule has 2 rings (SSSR count). The first-order chi connectivity index (χ1) is 7.90. The molecule has 0 bridgehead atoms. The van der Waals surface area contributed by atoms with Gasteiger partial charge in [0.15, 0.2) is 0 Å². The van der Waals surface area contributed by atoms with Gasteiger partial charge in [-0.15, -0.1) is 0 Å². The molecule has 0 amide bonds. The van der Waals surface area contributed by atoms with Crippen LogP contribution in [-0.2, 0) is 0 Å². The lowest BCUT2D eigenvalue weighted by Gasteiger charge is -2.32. The highest BCUT2D eigenvalue weighted by Crippen LogP contribution is 2.26. The van der Waals surface area contributed by atoms with Crippen LogP contribution in [0.3, 0.4) is 0 Å². The van der Waals surface area contributed by atoms with Crippen molar-refractivity contribution >= 4 is 0 Å². The van der Waals surface area contributed by atoms with E-state index >= 15 is 0 Å². The summed E-state index contributed by atoms with van der Waals surface area (Å²) >= 11 is 0. The number of likely N-dealkylation sites (tertiary alicyclic amines) is 1. The van der Waals surface area contributed by atoms with Gasteiger partial charge < -0.3 is 10.0 Å². The maximum absolute atomic E-state index is 8.85. The van der Waals surface area contributed by atoms with Crippen LogP contribution >= 0.6 is 0 Å². The van der Waals surface area contributed by atoms with Crippen LogP contribution in [0.25, 0.3) is 0 Å². The van der Waals surface area contributed by atoms with E-state index in [9.17, 15) is 0 Å². The fraction of sp³-hybridized carbons (Fsp3) is 0.571. The Bertz CT molecular complexity index is 299. The molecule has 2 nitrogen and oxygen atoms in total. The Morgan fingerprint density at radius 3 is 2.81 bits per heavy atom. The minimum atomic E-state index is 0.312. The number of aliphatic hydroxyl groups is 1. The van der Waals surface area contributed by atoms with Gasteiger partial charge in [-0.25, -0.2) is 0 Å². The van der Waals surface area contributed by atoms with Crippen LogP contribution in [0.1, 0.15) is 30.7 Å². The third-order valence-corrected chi connectivity index (χ3v) is 3.41. The fourth-order valence-electron chi connectivity index (χ4n) is 2.55. The minimum absolute atomic E-state index is 0.312. The summed E-state index contributed by atoms with van der Waals surface area (Å²) in [6.07, 6.45) is 3.49. The van der Waals surface area contributed by atoms with E-state index in [1.165, 1.54) is 24.9 Å². The Kier molecular flexibility index (Phi) is 4.37. The Labute approximate surface area is 97.9 Å². The van der Waals surface area contributed by atoms with E-state index < -0.39 is 0 Å². The number of benzene rings is 1. The first kappa shape index (κ1) is 11.6. The van der Waals surface area contributed by atoms with E-state index in [0.29, 0.717) is 12.5 Å². The zero-order chi connectivity index (χ0) is 11.2. The summed E-state index contributed by atoms with van der Waals surface area (Å²) in [7, 11) is 0. The van der Waals surface area contributed by atoms with Gasteiger partial charge in [0.2, 0.25) is 0 Å². The Balaban J connectivity index is 1.91. The lowest BCUT2D eigenvalue weighted by atomic mass is 9.90. The molecule has 0 aromatic heterocycles. The van der Waals surface area contributed by atoms with Gasteiger partial charge >= 0.3 is 0 Å². The molecule has 1 atom stereocenters. The monoisotopic (exact) mass is 219 g/mol. The van der Waals surface area contributed by atoms with Crippen LogP contribution in [0.4, 0.5) is 0 Å². The third kappa shape index (κ3) is 3.06. The highest BCUT2D eigenvalue weighted by molar-refractivity contribution is 5.20. The van der Waals surface area contributed by atoms with Crippen molar-refractivity contribution in [1.82, 2.24) is 4.90 Å². The standard InChI is InChI=1S/C14H21NO/c16-11-5-10-15-9-4-8-14(12-15)13-6-2-1-3-7-13/h1-3,6-7,14,16H,4-5,8-12H2. The van der Waals surface area contributed by atoms with Crippen LogP contribution in [-0.4, -0.2) is 36.2 Å². The van der Waals surface area contributed by atoms with E-state index in [2.05, 4.69) is 35.2 Å². The molecule has 1 aromatic carbocycles. The molecule has 1 fully saturated rings. The average molecular weight is 219 g/mol. The molecule has 0 radical (unpaired) electrons. The molecular formula is C14H21NO. The van der Waals surface area contributed by atoms with E-state index in [1.54, 1.807) is 0 Å². The number of nitrogens with zero attached hydrogens (tertiary/aromatic N) is 1. The molecule has 16 heavy (non-hydrogen) atoms. The van der Waals surface area contributed by atoms with Crippen molar-refractivity contribution < 1.29 is 5.11 Å². The van der Waals surface area contributed by atoms with Crippen LogP contribution in [0.2, 0.25) is 0 Å². The van der Waals surface area contributed by atoms with Crippen LogP contribution in [0, 0.1) is 0 Å². The predicted molar refractivity (Wildman–Crippen MR) is 66.6 cm³/mol. The summed E-state index contributed by atoms with van der Waals surface area (Å²) < 4.78 is 0. The quantitative estimate of drug-likeness (QED) is 0.839. The first-order valence-electron chi connectivity index (χ1n) is 6.28. The van der Waals surface area contributed by atoms with Crippen molar-refractivity contribution in [3.63, 3.8) is 0 Å². The molecule has 1 unspecified atom stereocenters. The van der Waals surface area contributed by atoms with Gasteiger partial charge in [0, 0.05) is 19.7 Å². The highest BCUT2D eigenvalue weighted by Gasteiger charge is 2.20. The number of rotatable bonds is 4. The van der Waals surface area contributed by atoms with Gasteiger partial charge in [-0.3, -0.25) is 0 Å². The van der Waals surface area contributed by atoms with E-state index in [-0.39, 0.29) is 0 Å². The fourth-order valence-corrected chi connectivity index (χ4v) is 2.55. The van der Waals surface area contributed by atoms with Gasteiger partial charge in [-0.05, 0) is 37.3 Å². The van der Waals surface area contributed by atoms with Gasteiger partial charge in [-0.1, -0.05) is 30.3 Å². The van der Waals surface area contributed by atoms with Crippen molar-refractivity contribution in [2.24, 2.45) is 0 Å². The number of hydrogen-bond donors (Lipinski definition) is 1. The lowest BCUT2D eigenvalue weighted by Crippen LogP contribution is -2.35. The van der Waals surface area contributed by atoms with Crippen LogP contribution in [0.15, 0.2) is 30.3 Å². The summed E-state index contributed by atoms with van der Waals surface area (Å²) in [4.78, 5) is 2.48. The summed E-state index contributed by atoms with van der Waals surface area (Å²) in [5, 5.41) is 8.85. The molecule has 2 heteroatoms. The number of aliphatic hydroxyl groups excluding tert-OH is 1. The molecule has 1 saturated heterocycles. The Morgan fingerprint density at radius 1 is 1.25 bits per heavy atom. The van der Waals surface area contributed by atoms with E-state index in [0.717, 1.165) is 19.5 Å². The molecule has 88 valence electrons. The molecule has 1 aliphatic heterocycles. The van der Waals surface area contributed by atoms with Gasteiger partial charge in [0.25, 0.3) is 0 Å². The molecule has 1 aromatic rings. The molecular weight excluding hydrogens is 198 g/mol. The number of hydrogen-bond acceptors (Lipinski definition) is 2. The largest absolute Gasteiger partial charge is 0.396 e. The van der Waals surface area contributed by atoms with Crippen LogP contribution < -0.4 is 0 Å². The summed E-state index contributed by atoms with van der Waals surface area (Å²) in [5.74, 6) is 0.689. The normalized spacial score (nSPS) is 22.2. The molecule has 0 spiro atoms. The third-order valence-electron chi connectivity index (χ3n) is 3.41. The van der Waals surface area contributed by atoms with E-state index in [1.807, 2.05) is 0 Å². The summed E-state index contributed by atoms with van der Waals surface area (Å²) in [5.41, 5.74) is 1.47. The lowest BCUT2D eigenvalue weighted by molar-refractivity contribution is 0.184. The number of piperidine rings is 1. The van der Waals surface area contributed by atoms with Gasteiger partial charge in [0.05, 0.1) is 0 Å². The van der Waals surface area contributed by atoms with Gasteiger partial charge in [0.1, 0.15) is 0 Å². The zero-order valence-corrected chi connectivity index (χ0v) is 9.81. The second-order valence-electron chi connectivity index (χ2n) is 4.63. The zero-order valence-electron chi connectivity index (χ0n) is 9.81. The second-order valence-corrected chi connectivity index (χ2v) is 4.63. The minimum Gasteiger partial charge on any atom is -0.396 e. The first-order valence-corrected chi connectivity index (χ1v) is 6.28. The van der Waals surface area contributed by atoms with E-state index in [4.69, 9.17) is 5.11 Å². The van der Waals surface area contributed by atoms with Crippen molar-refractivity contribution in [3.05, 3.63) is 35.9 Å². The molecule has 0 saturated carbocycles. The van der Waals surface area contributed by atoms with Crippen molar-refractivity contribution in [1.29, 1.82) is 0 Å². The maximum Gasteiger partial charge on any atom is 0.0443 e. The maximum atomic E-state index is 8.85. The van der Waals surface area contributed by atoms with Gasteiger partial charge in [-0.2, -0.15) is 0 Å². The Hall–Kier alpha value is -0.860. The SMILES string of the molecule is OCCCN1CCCC(c2ccccc2)C1. The molecule has 1 heterocycles. The van der Waals surface area contributed by atoms with Crippen LogP contribution in [0.5, 0.6) is 0 Å². The summed E-state index contributed by atoms with van der Waals surface area (Å²) in [6.45, 7) is 3.71. The molecule has 1 aliphatic rings. The summed E-state index contributed by atoms with van der Waals surface area (Å²) in [6, 6.07) is 10.8.